The van der Waals surface area contributed by atoms with Crippen molar-refractivity contribution in [3.05, 3.63) is 64.1 Å². The van der Waals surface area contributed by atoms with Crippen LogP contribution >= 0.6 is 11.3 Å². The molecule has 0 unspecified atom stereocenters. The van der Waals surface area contributed by atoms with Gasteiger partial charge in [0, 0.05) is 17.5 Å². The minimum absolute atomic E-state index is 0.200. The summed E-state index contributed by atoms with van der Waals surface area (Å²) in [6.07, 6.45) is 0. The Bertz CT molecular complexity index is 872. The van der Waals surface area contributed by atoms with Gasteiger partial charge in [0.2, 0.25) is 0 Å². The number of hydrogen-bond acceptors (Lipinski definition) is 5. The smallest absolute Gasteiger partial charge is 0.271 e. The number of amides is 1. The summed E-state index contributed by atoms with van der Waals surface area (Å²) in [5.74, 6) is 0.617. The van der Waals surface area contributed by atoms with Gasteiger partial charge in [-0.1, -0.05) is 6.07 Å². The Labute approximate surface area is 141 Å². The summed E-state index contributed by atoms with van der Waals surface area (Å²) >= 11 is 1.33. The number of furan rings is 1. The monoisotopic (exact) mass is 346 g/mol. The molecule has 0 spiro atoms. The van der Waals surface area contributed by atoms with E-state index in [9.17, 15) is 9.18 Å². The number of aromatic nitrogens is 1. The number of nitrogens with one attached hydrogen (secondary N) is 1. The molecule has 5 nitrogen and oxygen atoms in total. The summed E-state index contributed by atoms with van der Waals surface area (Å²) in [6, 6.07) is 8.00. The van der Waals surface area contributed by atoms with Gasteiger partial charge in [-0.2, -0.15) is 0 Å². The molecular formula is C17H15FN2O3S. The first-order valence-corrected chi connectivity index (χ1v) is 8.13. The van der Waals surface area contributed by atoms with Gasteiger partial charge in [-0.25, -0.2) is 9.37 Å². The molecule has 0 saturated carbocycles. The minimum atomic E-state index is -0.467. The van der Waals surface area contributed by atoms with Crippen LogP contribution in [-0.2, 0) is 13.2 Å². The van der Waals surface area contributed by atoms with Gasteiger partial charge in [0.25, 0.3) is 5.91 Å². The van der Waals surface area contributed by atoms with Gasteiger partial charge in [-0.05, 0) is 36.8 Å². The summed E-state index contributed by atoms with van der Waals surface area (Å²) in [5.41, 5.74) is 1.20. The van der Waals surface area contributed by atoms with Crippen molar-refractivity contribution >= 4 is 17.2 Å². The molecular weight excluding hydrogens is 331 g/mol. The Balaban J connectivity index is 1.66. The van der Waals surface area contributed by atoms with Crippen LogP contribution in [0, 0.1) is 12.7 Å². The van der Waals surface area contributed by atoms with E-state index < -0.39 is 5.82 Å². The molecule has 2 heterocycles. The number of carbonyl (C=O) groups excluding carboxylic acids is 1. The maximum Gasteiger partial charge on any atom is 0.271 e. The SMILES string of the molecule is Cc1ccc(-c2nc(C(=O)NCc3ccc(F)c(CO)c3)cs2)o1. The van der Waals surface area contributed by atoms with Crippen molar-refractivity contribution in [1.82, 2.24) is 10.3 Å². The van der Waals surface area contributed by atoms with Crippen molar-refractivity contribution < 1.29 is 18.7 Å². The van der Waals surface area contributed by atoms with Crippen LogP contribution in [0.4, 0.5) is 4.39 Å². The number of aliphatic hydroxyl groups excluding tert-OH is 1. The van der Waals surface area contributed by atoms with Crippen molar-refractivity contribution in [2.24, 2.45) is 0 Å². The first kappa shape index (κ1) is 16.4. The van der Waals surface area contributed by atoms with Gasteiger partial charge in [0.05, 0.1) is 6.61 Å². The molecule has 0 aliphatic carbocycles. The Morgan fingerprint density at radius 1 is 1.38 bits per heavy atom. The standard InChI is InChI=1S/C17H15FN2O3S/c1-10-2-5-15(23-10)17-20-14(9-24-17)16(22)19-7-11-3-4-13(18)12(6-11)8-21/h2-6,9,21H,7-8H2,1H3,(H,19,22). The zero-order valence-corrected chi connectivity index (χ0v) is 13.7. The van der Waals surface area contributed by atoms with E-state index in [1.807, 2.05) is 19.1 Å². The molecule has 0 atom stereocenters. The highest BCUT2D eigenvalue weighted by atomic mass is 32.1. The number of aliphatic hydroxyl groups is 1. The number of carbonyl (C=O) groups is 1. The molecule has 1 aromatic carbocycles. The van der Waals surface area contributed by atoms with Gasteiger partial charge in [-0.15, -0.1) is 11.3 Å². The molecule has 124 valence electrons. The Morgan fingerprint density at radius 3 is 2.92 bits per heavy atom. The van der Waals surface area contributed by atoms with E-state index in [1.165, 1.54) is 23.5 Å². The fourth-order valence-corrected chi connectivity index (χ4v) is 2.93. The van der Waals surface area contributed by atoms with Gasteiger partial charge in [0.15, 0.2) is 10.8 Å². The number of benzene rings is 1. The third-order valence-electron chi connectivity index (χ3n) is 3.42. The minimum Gasteiger partial charge on any atom is -0.459 e. The number of rotatable bonds is 5. The van der Waals surface area contributed by atoms with Crippen LogP contribution in [0.5, 0.6) is 0 Å². The maximum absolute atomic E-state index is 13.3. The van der Waals surface area contributed by atoms with Gasteiger partial charge in [-0.3, -0.25) is 4.79 Å². The number of halogens is 1. The van der Waals surface area contributed by atoms with Crippen LogP contribution in [0.2, 0.25) is 0 Å². The molecule has 3 rings (SSSR count). The number of thiazole rings is 1. The van der Waals surface area contributed by atoms with Crippen LogP contribution in [0.3, 0.4) is 0 Å². The second-order valence-electron chi connectivity index (χ2n) is 5.21. The lowest BCUT2D eigenvalue weighted by atomic mass is 10.1. The molecule has 2 N–H and O–H groups in total. The lowest BCUT2D eigenvalue weighted by Crippen LogP contribution is -2.23. The lowest BCUT2D eigenvalue weighted by Gasteiger charge is -2.06. The Hall–Kier alpha value is -2.51. The summed E-state index contributed by atoms with van der Waals surface area (Å²) in [5, 5.41) is 14.1. The van der Waals surface area contributed by atoms with Crippen LogP contribution in [0.25, 0.3) is 10.8 Å². The highest BCUT2D eigenvalue weighted by Crippen LogP contribution is 2.25. The fraction of sp³-hybridized carbons (Fsp3) is 0.176. The molecule has 0 saturated heterocycles. The number of hydrogen-bond donors (Lipinski definition) is 2. The van der Waals surface area contributed by atoms with Crippen LogP contribution < -0.4 is 5.32 Å². The molecule has 0 aliphatic heterocycles. The van der Waals surface area contributed by atoms with E-state index >= 15 is 0 Å². The molecule has 0 aliphatic rings. The van der Waals surface area contributed by atoms with Crippen molar-refractivity contribution in [2.75, 3.05) is 0 Å². The van der Waals surface area contributed by atoms with Crippen molar-refractivity contribution in [2.45, 2.75) is 20.1 Å². The molecule has 24 heavy (non-hydrogen) atoms. The zero-order valence-electron chi connectivity index (χ0n) is 12.9. The van der Waals surface area contributed by atoms with Crippen LogP contribution in [-0.4, -0.2) is 16.0 Å². The lowest BCUT2D eigenvalue weighted by molar-refractivity contribution is 0.0946. The highest BCUT2D eigenvalue weighted by Gasteiger charge is 2.14. The molecule has 0 bridgehead atoms. The van der Waals surface area contributed by atoms with E-state index in [0.717, 1.165) is 5.76 Å². The third-order valence-corrected chi connectivity index (χ3v) is 4.28. The summed E-state index contributed by atoms with van der Waals surface area (Å²) in [7, 11) is 0. The quantitative estimate of drug-likeness (QED) is 0.743. The topological polar surface area (TPSA) is 75.4 Å². The number of nitrogens with zero attached hydrogens (tertiary/aromatic N) is 1. The zero-order chi connectivity index (χ0) is 17.1. The average Bonchev–Trinajstić information content (AvgIpc) is 3.22. The van der Waals surface area contributed by atoms with Crippen LogP contribution in [0.1, 0.15) is 27.4 Å². The first-order chi connectivity index (χ1) is 11.6. The van der Waals surface area contributed by atoms with Crippen molar-refractivity contribution in [1.29, 1.82) is 0 Å². The van der Waals surface area contributed by atoms with Crippen molar-refractivity contribution in [3.8, 4) is 10.8 Å². The maximum atomic E-state index is 13.3. The van der Waals surface area contributed by atoms with E-state index in [0.29, 0.717) is 22.0 Å². The number of aryl methyl sites for hydroxylation is 1. The normalized spacial score (nSPS) is 10.8. The Kier molecular flexibility index (Phi) is 4.73. The highest BCUT2D eigenvalue weighted by molar-refractivity contribution is 7.13. The molecule has 7 heteroatoms. The molecule has 0 radical (unpaired) electrons. The third kappa shape index (κ3) is 3.52. The van der Waals surface area contributed by atoms with E-state index in [2.05, 4.69) is 10.3 Å². The molecule has 1 amide bonds. The summed E-state index contributed by atoms with van der Waals surface area (Å²) in [4.78, 5) is 16.4. The van der Waals surface area contributed by atoms with Crippen LogP contribution in [0.15, 0.2) is 40.1 Å². The summed E-state index contributed by atoms with van der Waals surface area (Å²) < 4.78 is 18.8. The largest absolute Gasteiger partial charge is 0.459 e. The van der Waals surface area contributed by atoms with Crippen molar-refractivity contribution in [3.63, 3.8) is 0 Å². The van der Waals surface area contributed by atoms with Gasteiger partial charge < -0.3 is 14.8 Å². The Morgan fingerprint density at radius 2 is 2.21 bits per heavy atom. The predicted octanol–water partition coefficient (Wildman–Crippen LogP) is 3.27. The van der Waals surface area contributed by atoms with E-state index in [1.54, 1.807) is 11.4 Å². The van der Waals surface area contributed by atoms with E-state index in [-0.39, 0.29) is 24.6 Å². The van der Waals surface area contributed by atoms with Gasteiger partial charge >= 0.3 is 0 Å². The first-order valence-electron chi connectivity index (χ1n) is 7.25. The summed E-state index contributed by atoms with van der Waals surface area (Å²) in [6.45, 7) is 1.68. The second-order valence-corrected chi connectivity index (χ2v) is 6.07. The fourth-order valence-electron chi connectivity index (χ4n) is 2.17. The second kappa shape index (κ2) is 6.94. The van der Waals surface area contributed by atoms with E-state index in [4.69, 9.17) is 9.52 Å². The predicted molar refractivity (Wildman–Crippen MR) is 88.0 cm³/mol. The molecule has 0 fully saturated rings. The molecule has 3 aromatic rings. The average molecular weight is 346 g/mol. The van der Waals surface area contributed by atoms with Gasteiger partial charge in [0.1, 0.15) is 17.3 Å². The molecule has 2 aromatic heterocycles.